The van der Waals surface area contributed by atoms with E-state index in [1.807, 2.05) is 47.6 Å². The van der Waals surface area contributed by atoms with E-state index in [0.717, 1.165) is 12.0 Å². The van der Waals surface area contributed by atoms with Crippen molar-refractivity contribution in [3.63, 3.8) is 0 Å². The second-order valence-corrected chi connectivity index (χ2v) is 6.02. The van der Waals surface area contributed by atoms with E-state index >= 15 is 0 Å². The van der Waals surface area contributed by atoms with Gasteiger partial charge in [0.25, 0.3) is 0 Å². The zero-order chi connectivity index (χ0) is 19.9. The molecule has 0 heterocycles. The van der Waals surface area contributed by atoms with Crippen molar-refractivity contribution in [2.24, 2.45) is 5.92 Å². The Kier molecular flexibility index (Phi) is 13.0. The minimum absolute atomic E-state index is 0.0225. The molecule has 2 aromatic rings. The van der Waals surface area contributed by atoms with E-state index in [1.54, 1.807) is 0 Å². The van der Waals surface area contributed by atoms with Crippen LogP contribution in [0.25, 0.3) is 11.1 Å². The third kappa shape index (κ3) is 8.33. The summed E-state index contributed by atoms with van der Waals surface area (Å²) in [4.78, 5) is 11.7. The number of aryl methyl sites for hydroxylation is 1. The Bertz CT molecular complexity index is 614. The Morgan fingerprint density at radius 1 is 0.885 bits per heavy atom. The van der Waals surface area contributed by atoms with Gasteiger partial charge in [-0.1, -0.05) is 97.4 Å². The molecule has 0 fully saturated rings. The molecular formula is C24H37NO. The van der Waals surface area contributed by atoms with Crippen LogP contribution in [0.3, 0.4) is 0 Å². The Morgan fingerprint density at radius 3 is 2.04 bits per heavy atom. The van der Waals surface area contributed by atoms with Crippen molar-refractivity contribution in [1.29, 1.82) is 0 Å². The first kappa shape index (κ1) is 23.9. The summed E-state index contributed by atoms with van der Waals surface area (Å²) in [5.41, 5.74) is 4.92. The maximum absolute atomic E-state index is 11.7. The van der Waals surface area contributed by atoms with E-state index in [1.165, 1.54) is 23.1 Å². The van der Waals surface area contributed by atoms with Gasteiger partial charge in [0, 0.05) is 12.5 Å². The van der Waals surface area contributed by atoms with Crippen molar-refractivity contribution in [3.05, 3.63) is 59.7 Å². The van der Waals surface area contributed by atoms with Crippen LogP contribution in [0.4, 0.5) is 0 Å². The highest BCUT2D eigenvalue weighted by atomic mass is 16.1. The smallest absolute Gasteiger partial charge is 0.222 e. The molecule has 2 rings (SSSR count). The third-order valence-corrected chi connectivity index (χ3v) is 3.74. The standard InChI is InChI=1S/C20H25NO.2C2H6/c1-4-6-16-9-11-18(12-10-16)19-8-5-7-17(13-19)14-21-20(22)15(2)3;2*1-2/h5,7-13,15H,4,6,14H2,1-3H3,(H,21,22);2*1-2H3. The zero-order valence-electron chi connectivity index (χ0n) is 17.7. The molecule has 1 N–H and O–H groups in total. The number of carbonyl (C=O) groups is 1. The van der Waals surface area contributed by atoms with Gasteiger partial charge in [0.05, 0.1) is 0 Å². The summed E-state index contributed by atoms with van der Waals surface area (Å²) in [7, 11) is 0. The molecule has 2 heteroatoms. The molecule has 0 aliphatic carbocycles. The maximum Gasteiger partial charge on any atom is 0.222 e. The number of nitrogens with one attached hydrogen (secondary N) is 1. The van der Waals surface area contributed by atoms with Crippen molar-refractivity contribution in [2.75, 3.05) is 0 Å². The molecule has 0 saturated heterocycles. The Morgan fingerprint density at radius 2 is 1.50 bits per heavy atom. The van der Waals surface area contributed by atoms with Crippen LogP contribution in [0.15, 0.2) is 48.5 Å². The van der Waals surface area contributed by atoms with Crippen molar-refractivity contribution in [1.82, 2.24) is 5.32 Å². The monoisotopic (exact) mass is 355 g/mol. The van der Waals surface area contributed by atoms with E-state index in [4.69, 9.17) is 0 Å². The summed E-state index contributed by atoms with van der Waals surface area (Å²) in [6, 6.07) is 17.1. The van der Waals surface area contributed by atoms with Crippen LogP contribution >= 0.6 is 0 Å². The molecule has 0 aliphatic heterocycles. The molecular weight excluding hydrogens is 318 g/mol. The quantitative estimate of drug-likeness (QED) is 0.619. The average molecular weight is 356 g/mol. The molecule has 26 heavy (non-hydrogen) atoms. The lowest BCUT2D eigenvalue weighted by molar-refractivity contribution is -0.124. The van der Waals surface area contributed by atoms with E-state index in [0.29, 0.717) is 6.54 Å². The SMILES string of the molecule is CC.CC.CCCc1ccc(-c2cccc(CNC(=O)C(C)C)c2)cc1. The Labute approximate surface area is 161 Å². The van der Waals surface area contributed by atoms with Crippen LogP contribution in [0.2, 0.25) is 0 Å². The van der Waals surface area contributed by atoms with E-state index in [9.17, 15) is 4.79 Å². The van der Waals surface area contributed by atoms with E-state index < -0.39 is 0 Å². The lowest BCUT2D eigenvalue weighted by atomic mass is 10.0. The summed E-state index contributed by atoms with van der Waals surface area (Å²) in [5, 5.41) is 2.96. The lowest BCUT2D eigenvalue weighted by Gasteiger charge is -2.09. The fourth-order valence-electron chi connectivity index (χ4n) is 2.41. The predicted octanol–water partition coefficient (Wildman–Crippen LogP) is 6.63. The summed E-state index contributed by atoms with van der Waals surface area (Å²) < 4.78 is 0. The first-order chi connectivity index (χ1) is 12.6. The largest absolute Gasteiger partial charge is 0.352 e. The topological polar surface area (TPSA) is 29.1 Å². The van der Waals surface area contributed by atoms with Gasteiger partial charge in [-0.15, -0.1) is 0 Å². The molecule has 2 nitrogen and oxygen atoms in total. The maximum atomic E-state index is 11.7. The van der Waals surface area contributed by atoms with Crippen LogP contribution in [0.1, 0.15) is 66.0 Å². The number of hydrogen-bond acceptors (Lipinski definition) is 1. The Balaban J connectivity index is 0.00000146. The van der Waals surface area contributed by atoms with Gasteiger partial charge in [-0.25, -0.2) is 0 Å². The number of benzene rings is 2. The number of rotatable bonds is 6. The van der Waals surface area contributed by atoms with Gasteiger partial charge in [0.1, 0.15) is 0 Å². The van der Waals surface area contributed by atoms with Gasteiger partial charge >= 0.3 is 0 Å². The number of carbonyl (C=O) groups excluding carboxylic acids is 1. The molecule has 1 amide bonds. The molecule has 0 saturated carbocycles. The predicted molar refractivity (Wildman–Crippen MR) is 115 cm³/mol. The van der Waals surface area contributed by atoms with Crippen molar-refractivity contribution >= 4 is 5.91 Å². The molecule has 144 valence electrons. The highest BCUT2D eigenvalue weighted by molar-refractivity contribution is 5.77. The second-order valence-electron chi connectivity index (χ2n) is 6.02. The zero-order valence-corrected chi connectivity index (χ0v) is 17.7. The van der Waals surface area contributed by atoms with Crippen LogP contribution in [0.5, 0.6) is 0 Å². The fraction of sp³-hybridized carbons (Fsp3) is 0.458. The van der Waals surface area contributed by atoms with Gasteiger partial charge in [0.15, 0.2) is 0 Å². The molecule has 0 aromatic heterocycles. The summed E-state index contributed by atoms with van der Waals surface area (Å²) in [6.07, 6.45) is 2.30. The van der Waals surface area contributed by atoms with Crippen molar-refractivity contribution < 1.29 is 4.79 Å². The van der Waals surface area contributed by atoms with Gasteiger partial charge in [0.2, 0.25) is 5.91 Å². The highest BCUT2D eigenvalue weighted by Crippen LogP contribution is 2.21. The van der Waals surface area contributed by atoms with Gasteiger partial charge in [-0.2, -0.15) is 0 Å². The minimum Gasteiger partial charge on any atom is -0.352 e. The van der Waals surface area contributed by atoms with Crippen molar-refractivity contribution in [2.45, 2.75) is 67.9 Å². The first-order valence-electron chi connectivity index (χ1n) is 10.1. The molecule has 0 radical (unpaired) electrons. The molecule has 0 aliphatic rings. The van der Waals surface area contributed by atoms with Crippen LogP contribution < -0.4 is 5.32 Å². The van der Waals surface area contributed by atoms with Gasteiger partial charge in [-0.05, 0) is 34.7 Å². The summed E-state index contributed by atoms with van der Waals surface area (Å²) in [6.45, 7) is 14.6. The molecule has 2 aromatic carbocycles. The fourth-order valence-corrected chi connectivity index (χ4v) is 2.41. The molecule has 0 atom stereocenters. The molecule has 0 bridgehead atoms. The van der Waals surface area contributed by atoms with Crippen molar-refractivity contribution in [3.8, 4) is 11.1 Å². The third-order valence-electron chi connectivity index (χ3n) is 3.74. The highest BCUT2D eigenvalue weighted by Gasteiger charge is 2.06. The number of amides is 1. The Hall–Kier alpha value is -2.09. The normalized spacial score (nSPS) is 9.54. The van der Waals surface area contributed by atoms with E-state index in [2.05, 4.69) is 54.7 Å². The lowest BCUT2D eigenvalue weighted by Crippen LogP contribution is -2.27. The average Bonchev–Trinajstić information content (AvgIpc) is 2.70. The summed E-state index contributed by atoms with van der Waals surface area (Å²) in [5.74, 6) is 0.114. The minimum atomic E-state index is 0.0225. The van der Waals surface area contributed by atoms with E-state index in [-0.39, 0.29) is 11.8 Å². The molecule has 0 unspecified atom stereocenters. The van der Waals surface area contributed by atoms with Crippen LogP contribution in [-0.2, 0) is 17.8 Å². The molecule has 0 spiro atoms. The van der Waals surface area contributed by atoms with Gasteiger partial charge in [-0.3, -0.25) is 4.79 Å². The van der Waals surface area contributed by atoms with Gasteiger partial charge < -0.3 is 5.32 Å². The first-order valence-corrected chi connectivity index (χ1v) is 10.1. The summed E-state index contributed by atoms with van der Waals surface area (Å²) >= 11 is 0. The van der Waals surface area contributed by atoms with Crippen LogP contribution in [0, 0.1) is 5.92 Å². The van der Waals surface area contributed by atoms with Crippen LogP contribution in [-0.4, -0.2) is 5.91 Å². The number of hydrogen-bond donors (Lipinski definition) is 1. The second kappa shape index (κ2) is 14.1.